The van der Waals surface area contributed by atoms with Crippen LogP contribution in [0.1, 0.15) is 12.0 Å². The van der Waals surface area contributed by atoms with Gasteiger partial charge in [-0.2, -0.15) is 0 Å². The van der Waals surface area contributed by atoms with Gasteiger partial charge in [-0.1, -0.05) is 41.9 Å². The van der Waals surface area contributed by atoms with Gasteiger partial charge in [0.2, 0.25) is 0 Å². The van der Waals surface area contributed by atoms with Crippen molar-refractivity contribution >= 4 is 46.6 Å². The number of nitrogens with one attached hydrogen (secondary N) is 1. The third kappa shape index (κ3) is 3.56. The Labute approximate surface area is 130 Å². The molecule has 1 aromatic heterocycles. The van der Waals surface area contributed by atoms with Crippen molar-refractivity contribution in [2.75, 3.05) is 5.32 Å². The van der Waals surface area contributed by atoms with Crippen LogP contribution < -0.4 is 5.32 Å². The Morgan fingerprint density at radius 2 is 2.33 bits per heavy atom. The molecule has 0 saturated heterocycles. The van der Waals surface area contributed by atoms with E-state index < -0.39 is 5.83 Å². The highest BCUT2D eigenvalue weighted by molar-refractivity contribution is 6.33. The number of aliphatic imine (C=N–C) groups is 1. The van der Waals surface area contributed by atoms with Gasteiger partial charge < -0.3 is 5.32 Å². The van der Waals surface area contributed by atoms with E-state index in [-0.39, 0.29) is 22.6 Å². The molecule has 1 N–H and O–H groups in total. The molecule has 2 rings (SSSR count). The van der Waals surface area contributed by atoms with Crippen LogP contribution in [-0.2, 0) is 4.79 Å². The maximum absolute atomic E-state index is 13.7. The molecule has 7 heteroatoms. The Hall–Kier alpha value is -1.98. The molecule has 1 amide bonds. The van der Waals surface area contributed by atoms with Gasteiger partial charge in [0.1, 0.15) is 11.0 Å². The Morgan fingerprint density at radius 1 is 1.57 bits per heavy atom. The van der Waals surface area contributed by atoms with Gasteiger partial charge in [-0.15, -0.1) is 0 Å². The molecule has 2 heterocycles. The molecule has 1 aliphatic heterocycles. The SMILES string of the molecule is C=CC=N/C(Cl)=C(/F)C/C=C1/C(=O)Nc2cc(Cl)ncc21. The molecule has 0 aliphatic carbocycles. The molecular weight excluding hydrogens is 316 g/mol. The molecule has 1 aliphatic rings. The van der Waals surface area contributed by atoms with Crippen molar-refractivity contribution in [3.63, 3.8) is 0 Å². The lowest BCUT2D eigenvalue weighted by Gasteiger charge is -1.98. The normalized spacial score (nSPS) is 16.9. The van der Waals surface area contributed by atoms with E-state index in [4.69, 9.17) is 23.2 Å². The van der Waals surface area contributed by atoms with Crippen LogP contribution in [0.4, 0.5) is 10.1 Å². The molecule has 0 aromatic carbocycles. The number of rotatable bonds is 4. The third-order valence-corrected chi connectivity index (χ3v) is 3.17. The van der Waals surface area contributed by atoms with E-state index in [2.05, 4.69) is 21.9 Å². The van der Waals surface area contributed by atoms with E-state index in [1.165, 1.54) is 30.6 Å². The molecule has 0 saturated carbocycles. The van der Waals surface area contributed by atoms with Crippen LogP contribution in [0.15, 0.2) is 47.0 Å². The first kappa shape index (κ1) is 15.4. The average molecular weight is 326 g/mol. The number of carbonyl (C=O) groups excluding carboxylic acids is 1. The lowest BCUT2D eigenvalue weighted by atomic mass is 10.1. The van der Waals surface area contributed by atoms with E-state index in [0.29, 0.717) is 16.8 Å². The van der Waals surface area contributed by atoms with E-state index in [0.717, 1.165) is 0 Å². The van der Waals surface area contributed by atoms with Crippen molar-refractivity contribution in [3.05, 3.63) is 52.7 Å². The average Bonchev–Trinajstić information content (AvgIpc) is 2.76. The fraction of sp³-hybridized carbons (Fsp3) is 0.0714. The highest BCUT2D eigenvalue weighted by atomic mass is 35.5. The first-order valence-electron chi connectivity index (χ1n) is 5.89. The minimum atomic E-state index is -0.648. The number of nitrogens with zero attached hydrogens (tertiary/aromatic N) is 2. The second-order valence-electron chi connectivity index (χ2n) is 4.04. The fourth-order valence-corrected chi connectivity index (χ4v) is 2.02. The van der Waals surface area contributed by atoms with Crippen LogP contribution in [0.2, 0.25) is 5.15 Å². The van der Waals surface area contributed by atoms with Crippen LogP contribution in [-0.4, -0.2) is 17.1 Å². The van der Waals surface area contributed by atoms with E-state index >= 15 is 0 Å². The number of hydrogen-bond acceptors (Lipinski definition) is 3. The highest BCUT2D eigenvalue weighted by Crippen LogP contribution is 2.33. The van der Waals surface area contributed by atoms with Crippen LogP contribution in [0.25, 0.3) is 5.57 Å². The number of halogens is 3. The number of pyridine rings is 1. The summed E-state index contributed by atoms with van der Waals surface area (Å²) in [6.45, 7) is 3.41. The number of allylic oxidation sites excluding steroid dienone is 3. The van der Waals surface area contributed by atoms with Gasteiger partial charge in [-0.3, -0.25) is 4.79 Å². The molecular formula is C14H10Cl2FN3O. The minimum Gasteiger partial charge on any atom is -0.321 e. The van der Waals surface area contributed by atoms with Gasteiger partial charge in [0.25, 0.3) is 5.91 Å². The molecule has 1 aromatic rings. The van der Waals surface area contributed by atoms with E-state index in [9.17, 15) is 9.18 Å². The van der Waals surface area contributed by atoms with Crippen molar-refractivity contribution < 1.29 is 9.18 Å². The predicted molar refractivity (Wildman–Crippen MR) is 83.1 cm³/mol. The number of aromatic nitrogens is 1. The fourth-order valence-electron chi connectivity index (χ4n) is 1.73. The van der Waals surface area contributed by atoms with Crippen molar-refractivity contribution in [2.24, 2.45) is 4.99 Å². The Morgan fingerprint density at radius 3 is 3.05 bits per heavy atom. The van der Waals surface area contributed by atoms with Gasteiger partial charge in [-0.25, -0.2) is 14.4 Å². The molecule has 0 bridgehead atoms. The van der Waals surface area contributed by atoms with Gasteiger partial charge >= 0.3 is 0 Å². The third-order valence-electron chi connectivity index (χ3n) is 2.66. The number of carbonyl (C=O) groups is 1. The van der Waals surface area contributed by atoms with Crippen molar-refractivity contribution in [2.45, 2.75) is 6.42 Å². The molecule has 4 nitrogen and oxygen atoms in total. The molecule has 21 heavy (non-hydrogen) atoms. The molecule has 0 spiro atoms. The molecule has 0 fully saturated rings. The summed E-state index contributed by atoms with van der Waals surface area (Å²) in [6.07, 6.45) is 5.39. The second-order valence-corrected chi connectivity index (χ2v) is 4.78. The minimum absolute atomic E-state index is 0.155. The van der Waals surface area contributed by atoms with Gasteiger partial charge in [0.05, 0.1) is 5.69 Å². The first-order valence-corrected chi connectivity index (χ1v) is 6.65. The zero-order valence-electron chi connectivity index (χ0n) is 10.7. The summed E-state index contributed by atoms with van der Waals surface area (Å²) in [4.78, 5) is 19.4. The van der Waals surface area contributed by atoms with E-state index in [1.54, 1.807) is 0 Å². The monoisotopic (exact) mass is 325 g/mol. The Kier molecular flexibility index (Phi) is 4.88. The summed E-state index contributed by atoms with van der Waals surface area (Å²) in [7, 11) is 0. The zero-order valence-corrected chi connectivity index (χ0v) is 12.2. The van der Waals surface area contributed by atoms with Gasteiger partial charge in [0, 0.05) is 30.0 Å². The highest BCUT2D eigenvalue weighted by Gasteiger charge is 2.24. The Bertz CT molecular complexity index is 695. The zero-order chi connectivity index (χ0) is 15.4. The van der Waals surface area contributed by atoms with Gasteiger partial charge in [0.15, 0.2) is 5.16 Å². The predicted octanol–water partition coefficient (Wildman–Crippen LogP) is 4.09. The van der Waals surface area contributed by atoms with Crippen LogP contribution in [0.5, 0.6) is 0 Å². The number of amides is 1. The maximum atomic E-state index is 13.7. The summed E-state index contributed by atoms with van der Waals surface area (Å²) in [6, 6.07) is 1.53. The van der Waals surface area contributed by atoms with E-state index in [1.807, 2.05) is 0 Å². The number of anilines is 1. The van der Waals surface area contributed by atoms with Crippen LogP contribution >= 0.6 is 23.2 Å². The molecule has 0 radical (unpaired) electrons. The summed E-state index contributed by atoms with van der Waals surface area (Å²) in [5.74, 6) is -0.988. The topological polar surface area (TPSA) is 54.4 Å². The summed E-state index contributed by atoms with van der Waals surface area (Å²) in [5, 5.41) is 2.62. The quantitative estimate of drug-likeness (QED) is 0.392. The maximum Gasteiger partial charge on any atom is 0.256 e. The van der Waals surface area contributed by atoms with Crippen molar-refractivity contribution in [3.8, 4) is 0 Å². The first-order chi connectivity index (χ1) is 10.0. The molecule has 0 atom stereocenters. The summed E-state index contributed by atoms with van der Waals surface area (Å²) < 4.78 is 13.7. The lowest BCUT2D eigenvalue weighted by molar-refractivity contribution is -0.110. The standard InChI is InChI=1S/C14H10Cl2FN3O/c1-2-5-18-13(16)10(17)4-3-8-9-7-19-12(15)6-11(9)20-14(8)21/h2-3,5-7H,1,4H2,(H,20,21)/b8-3+,13-10+,18-5?. The van der Waals surface area contributed by atoms with Crippen LogP contribution in [0, 0.1) is 0 Å². The molecule has 108 valence electrons. The van der Waals surface area contributed by atoms with Gasteiger partial charge in [-0.05, 0) is 6.07 Å². The number of hydrogen-bond donors (Lipinski definition) is 1. The number of fused-ring (bicyclic) bond motifs is 1. The van der Waals surface area contributed by atoms with Crippen molar-refractivity contribution in [1.29, 1.82) is 0 Å². The lowest BCUT2D eigenvalue weighted by Crippen LogP contribution is -2.03. The largest absolute Gasteiger partial charge is 0.321 e. The summed E-state index contributed by atoms with van der Waals surface area (Å²) >= 11 is 11.4. The van der Waals surface area contributed by atoms with Crippen LogP contribution in [0.3, 0.4) is 0 Å². The smallest absolute Gasteiger partial charge is 0.256 e. The Balaban J connectivity index is 2.25. The second kappa shape index (κ2) is 6.65. The molecule has 0 unspecified atom stereocenters. The van der Waals surface area contributed by atoms with Crippen molar-refractivity contribution in [1.82, 2.24) is 4.98 Å². The summed E-state index contributed by atoms with van der Waals surface area (Å²) in [5.41, 5.74) is 1.44.